The van der Waals surface area contributed by atoms with E-state index in [0.717, 1.165) is 22.4 Å². The first-order chi connectivity index (χ1) is 17.2. The Morgan fingerprint density at radius 2 is 1.67 bits per heavy atom. The van der Waals surface area contributed by atoms with Gasteiger partial charge in [0.05, 0.1) is 5.75 Å². The smallest absolute Gasteiger partial charge is 0.252 e. The molecular formula is C29H31N3O3S. The second kappa shape index (κ2) is 10.6. The molecule has 186 valence electrons. The van der Waals surface area contributed by atoms with Crippen LogP contribution in [0.15, 0.2) is 72.8 Å². The van der Waals surface area contributed by atoms with Gasteiger partial charge in [-0.05, 0) is 62.1 Å². The van der Waals surface area contributed by atoms with Gasteiger partial charge in [-0.25, -0.2) is 0 Å². The third kappa shape index (κ3) is 5.16. The summed E-state index contributed by atoms with van der Waals surface area (Å²) in [5.41, 5.74) is 3.64. The fraction of sp³-hybridized carbons (Fsp3) is 0.276. The number of carbonyl (C=O) groups is 3. The summed E-state index contributed by atoms with van der Waals surface area (Å²) in [4.78, 5) is 41.1. The van der Waals surface area contributed by atoms with Crippen LogP contribution in [0.2, 0.25) is 0 Å². The van der Waals surface area contributed by atoms with Gasteiger partial charge in [-0.15, -0.1) is 11.8 Å². The molecule has 4 rings (SSSR count). The molecule has 3 aromatic rings. The van der Waals surface area contributed by atoms with Gasteiger partial charge < -0.3 is 10.6 Å². The van der Waals surface area contributed by atoms with E-state index in [1.54, 1.807) is 41.8 Å². The standard InChI is InChI=1S/C29H31N3O3S/c1-5-29(4,28(35)30-25-19(2)11-9-12-20(25)3)31-26(34)22-15-10-16-23(17-22)32-24(33)18-36-27(32)21-13-7-6-8-14-21/h6-17,27H,5,18H2,1-4H3,(H,30,35)(H,31,34). The lowest BCUT2D eigenvalue weighted by Crippen LogP contribution is -2.54. The van der Waals surface area contributed by atoms with E-state index in [9.17, 15) is 14.4 Å². The molecule has 0 aromatic heterocycles. The van der Waals surface area contributed by atoms with E-state index in [1.165, 1.54) is 0 Å². The Kier molecular flexibility index (Phi) is 7.50. The zero-order valence-corrected chi connectivity index (χ0v) is 21.8. The van der Waals surface area contributed by atoms with Crippen LogP contribution in [0.5, 0.6) is 0 Å². The number of hydrogen-bond donors (Lipinski definition) is 2. The Balaban J connectivity index is 1.55. The largest absolute Gasteiger partial charge is 0.338 e. The number of para-hydroxylation sites is 1. The van der Waals surface area contributed by atoms with Crippen molar-refractivity contribution in [2.75, 3.05) is 16.0 Å². The summed E-state index contributed by atoms with van der Waals surface area (Å²) in [5, 5.41) is 5.78. The SMILES string of the molecule is CCC(C)(NC(=O)c1cccc(N2C(=O)CSC2c2ccccc2)c1)C(=O)Nc1c(C)cccc1C. The Labute approximate surface area is 216 Å². The highest BCUT2D eigenvalue weighted by molar-refractivity contribution is 8.00. The quantitative estimate of drug-likeness (QED) is 0.441. The predicted molar refractivity (Wildman–Crippen MR) is 146 cm³/mol. The fourth-order valence-corrected chi connectivity index (χ4v) is 5.43. The van der Waals surface area contributed by atoms with Crippen LogP contribution in [-0.4, -0.2) is 29.0 Å². The van der Waals surface area contributed by atoms with Crippen molar-refractivity contribution in [3.8, 4) is 0 Å². The minimum Gasteiger partial charge on any atom is -0.338 e. The highest BCUT2D eigenvalue weighted by atomic mass is 32.2. The van der Waals surface area contributed by atoms with Gasteiger partial charge in [0.25, 0.3) is 5.91 Å². The number of nitrogens with zero attached hydrogens (tertiary/aromatic N) is 1. The molecule has 3 amide bonds. The Hall–Kier alpha value is -3.58. The molecule has 1 heterocycles. The number of aryl methyl sites for hydroxylation is 2. The van der Waals surface area contributed by atoms with Crippen LogP contribution in [0.25, 0.3) is 0 Å². The second-order valence-corrected chi connectivity index (χ2v) is 10.3. The number of nitrogens with one attached hydrogen (secondary N) is 2. The molecular weight excluding hydrogens is 470 g/mol. The molecule has 0 radical (unpaired) electrons. The summed E-state index contributed by atoms with van der Waals surface area (Å²) in [7, 11) is 0. The number of carbonyl (C=O) groups excluding carboxylic acids is 3. The summed E-state index contributed by atoms with van der Waals surface area (Å²) in [5.74, 6) is -0.268. The first-order valence-electron chi connectivity index (χ1n) is 12.0. The van der Waals surface area contributed by atoms with Gasteiger partial charge in [0, 0.05) is 16.9 Å². The lowest BCUT2D eigenvalue weighted by molar-refractivity contribution is -0.121. The summed E-state index contributed by atoms with van der Waals surface area (Å²) >= 11 is 1.56. The molecule has 1 aliphatic rings. The van der Waals surface area contributed by atoms with Gasteiger partial charge in [0.2, 0.25) is 11.8 Å². The van der Waals surface area contributed by atoms with E-state index in [2.05, 4.69) is 10.6 Å². The number of thioether (sulfide) groups is 1. The van der Waals surface area contributed by atoms with Crippen molar-refractivity contribution in [3.63, 3.8) is 0 Å². The summed E-state index contributed by atoms with van der Waals surface area (Å²) in [6.45, 7) is 7.47. The molecule has 0 bridgehead atoms. The highest BCUT2D eigenvalue weighted by Crippen LogP contribution is 2.41. The summed E-state index contributed by atoms with van der Waals surface area (Å²) < 4.78 is 0. The van der Waals surface area contributed by atoms with Crippen LogP contribution < -0.4 is 15.5 Å². The van der Waals surface area contributed by atoms with E-state index in [1.807, 2.05) is 75.4 Å². The fourth-order valence-electron chi connectivity index (χ4n) is 4.26. The second-order valence-electron chi connectivity index (χ2n) is 9.25. The first-order valence-corrected chi connectivity index (χ1v) is 13.1. The van der Waals surface area contributed by atoms with Crippen molar-refractivity contribution in [3.05, 3.63) is 95.1 Å². The van der Waals surface area contributed by atoms with Crippen LogP contribution in [-0.2, 0) is 9.59 Å². The van der Waals surface area contributed by atoms with Crippen LogP contribution in [0, 0.1) is 13.8 Å². The molecule has 0 aliphatic carbocycles. The van der Waals surface area contributed by atoms with E-state index < -0.39 is 5.54 Å². The maximum atomic E-state index is 13.3. The van der Waals surface area contributed by atoms with Crippen molar-refractivity contribution < 1.29 is 14.4 Å². The minimum absolute atomic E-state index is 0.00205. The maximum absolute atomic E-state index is 13.3. The van der Waals surface area contributed by atoms with Crippen LogP contribution in [0.1, 0.15) is 52.7 Å². The molecule has 36 heavy (non-hydrogen) atoms. The van der Waals surface area contributed by atoms with Gasteiger partial charge in [0.15, 0.2) is 0 Å². The van der Waals surface area contributed by atoms with Gasteiger partial charge in [-0.3, -0.25) is 19.3 Å². The average molecular weight is 502 g/mol. The van der Waals surface area contributed by atoms with Crippen LogP contribution in [0.3, 0.4) is 0 Å². The van der Waals surface area contributed by atoms with Crippen molar-refractivity contribution in [2.45, 2.75) is 45.0 Å². The molecule has 2 N–H and O–H groups in total. The van der Waals surface area contributed by atoms with E-state index >= 15 is 0 Å². The molecule has 1 fully saturated rings. The average Bonchev–Trinajstić information content (AvgIpc) is 3.28. The molecule has 0 saturated carbocycles. The molecule has 2 atom stereocenters. The number of amides is 3. The topological polar surface area (TPSA) is 78.5 Å². The van der Waals surface area contributed by atoms with Crippen molar-refractivity contribution in [1.29, 1.82) is 0 Å². The van der Waals surface area contributed by atoms with Crippen LogP contribution in [0.4, 0.5) is 11.4 Å². The Morgan fingerprint density at radius 1 is 1.00 bits per heavy atom. The van der Waals surface area contributed by atoms with Gasteiger partial charge >= 0.3 is 0 Å². The Morgan fingerprint density at radius 3 is 2.33 bits per heavy atom. The molecule has 7 heteroatoms. The summed E-state index contributed by atoms with van der Waals surface area (Å²) in [6.07, 6.45) is 0.409. The zero-order chi connectivity index (χ0) is 25.9. The monoisotopic (exact) mass is 501 g/mol. The van der Waals surface area contributed by atoms with E-state index in [0.29, 0.717) is 23.4 Å². The van der Waals surface area contributed by atoms with Crippen molar-refractivity contribution in [2.24, 2.45) is 0 Å². The van der Waals surface area contributed by atoms with Crippen molar-refractivity contribution >= 4 is 40.9 Å². The van der Waals surface area contributed by atoms with Crippen molar-refractivity contribution in [1.82, 2.24) is 5.32 Å². The third-order valence-electron chi connectivity index (χ3n) is 6.66. The van der Waals surface area contributed by atoms with Gasteiger partial charge in [-0.2, -0.15) is 0 Å². The number of rotatable bonds is 7. The lowest BCUT2D eigenvalue weighted by atomic mass is 9.96. The molecule has 2 unspecified atom stereocenters. The number of anilines is 2. The third-order valence-corrected chi connectivity index (χ3v) is 7.87. The number of benzene rings is 3. The normalized spacial score (nSPS) is 16.9. The molecule has 3 aromatic carbocycles. The molecule has 6 nitrogen and oxygen atoms in total. The van der Waals surface area contributed by atoms with Gasteiger partial charge in [0.1, 0.15) is 10.9 Å². The summed E-state index contributed by atoms with van der Waals surface area (Å²) in [6, 6.07) is 22.7. The van der Waals surface area contributed by atoms with Gasteiger partial charge in [-0.1, -0.05) is 61.5 Å². The first kappa shape index (κ1) is 25.5. The highest BCUT2D eigenvalue weighted by Gasteiger charge is 2.36. The Bertz CT molecular complexity index is 1270. The minimum atomic E-state index is -1.12. The predicted octanol–water partition coefficient (Wildman–Crippen LogP) is 5.62. The maximum Gasteiger partial charge on any atom is 0.252 e. The molecule has 1 saturated heterocycles. The van der Waals surface area contributed by atoms with E-state index in [-0.39, 0.29) is 23.1 Å². The lowest BCUT2D eigenvalue weighted by Gasteiger charge is -2.29. The zero-order valence-electron chi connectivity index (χ0n) is 21.0. The number of hydrogen-bond acceptors (Lipinski definition) is 4. The molecule has 0 spiro atoms. The van der Waals surface area contributed by atoms with Crippen LogP contribution >= 0.6 is 11.8 Å². The van der Waals surface area contributed by atoms with E-state index in [4.69, 9.17) is 0 Å². The molecule has 1 aliphatic heterocycles.